The standard InChI is InChI=1S/C19H27N5O4/c1-23-15(8-9-20-23)17-14(10-16(25)24(17)13-6-7-13)22-19(28)21-12-4-2-11(3-5-12)18(26)27/h8-9,11-14,17H,2-7,10H2,1H3,(H,26,27)(H2,21,22,28)/t11?,12?,14-,17-/m1/s1. The monoisotopic (exact) mass is 389 g/mol. The van der Waals surface area contributed by atoms with Crippen LogP contribution in [0.25, 0.3) is 0 Å². The van der Waals surface area contributed by atoms with Gasteiger partial charge in [-0.25, -0.2) is 4.79 Å². The van der Waals surface area contributed by atoms with Gasteiger partial charge in [0.1, 0.15) is 0 Å². The molecule has 0 radical (unpaired) electrons. The van der Waals surface area contributed by atoms with Crippen LogP contribution in [-0.4, -0.2) is 55.8 Å². The van der Waals surface area contributed by atoms with E-state index in [0.717, 1.165) is 18.5 Å². The Morgan fingerprint density at radius 2 is 1.86 bits per heavy atom. The van der Waals surface area contributed by atoms with Crippen LogP contribution in [0.1, 0.15) is 56.7 Å². The zero-order chi connectivity index (χ0) is 19.8. The second-order valence-corrected chi connectivity index (χ2v) is 8.17. The average Bonchev–Trinajstić information content (AvgIpc) is 3.32. The van der Waals surface area contributed by atoms with E-state index < -0.39 is 5.97 Å². The third-order valence-corrected chi connectivity index (χ3v) is 6.19. The first-order valence-corrected chi connectivity index (χ1v) is 10.0. The largest absolute Gasteiger partial charge is 0.481 e. The maximum Gasteiger partial charge on any atom is 0.315 e. The van der Waals surface area contributed by atoms with Crippen LogP contribution >= 0.6 is 0 Å². The molecule has 1 saturated heterocycles. The van der Waals surface area contributed by atoms with E-state index in [-0.39, 0.29) is 48.4 Å². The normalized spacial score (nSPS) is 30.3. The lowest BCUT2D eigenvalue weighted by Gasteiger charge is -2.30. The van der Waals surface area contributed by atoms with Gasteiger partial charge in [-0.05, 0) is 44.6 Å². The molecule has 2 atom stereocenters. The number of rotatable bonds is 5. The van der Waals surface area contributed by atoms with Gasteiger partial charge in [0.2, 0.25) is 5.91 Å². The summed E-state index contributed by atoms with van der Waals surface area (Å²) in [5.74, 6) is -0.998. The highest BCUT2D eigenvalue weighted by molar-refractivity contribution is 5.83. The molecule has 3 aliphatic rings. The highest BCUT2D eigenvalue weighted by atomic mass is 16.4. The molecule has 152 valence electrons. The quantitative estimate of drug-likeness (QED) is 0.699. The van der Waals surface area contributed by atoms with Gasteiger partial charge in [-0.3, -0.25) is 14.3 Å². The summed E-state index contributed by atoms with van der Waals surface area (Å²) in [5, 5.41) is 19.3. The lowest BCUT2D eigenvalue weighted by Crippen LogP contribution is -2.49. The number of carbonyl (C=O) groups is 3. The van der Waals surface area contributed by atoms with Gasteiger partial charge in [-0.2, -0.15) is 5.10 Å². The van der Waals surface area contributed by atoms with E-state index in [9.17, 15) is 14.4 Å². The maximum atomic E-state index is 12.6. The molecule has 3 fully saturated rings. The summed E-state index contributed by atoms with van der Waals surface area (Å²) in [6, 6.07) is 1.33. The molecule has 3 amide bonds. The maximum absolute atomic E-state index is 12.6. The number of hydrogen-bond donors (Lipinski definition) is 3. The number of hydrogen-bond acceptors (Lipinski definition) is 4. The minimum absolute atomic E-state index is 0.0256. The first-order valence-electron chi connectivity index (χ1n) is 10.0. The van der Waals surface area contributed by atoms with Gasteiger partial charge >= 0.3 is 12.0 Å². The SMILES string of the molecule is Cn1nccc1[C@H]1[C@H](NC(=O)NC2CCC(C(=O)O)CC2)CC(=O)N1C1CC1. The number of carbonyl (C=O) groups excluding carboxylic acids is 2. The van der Waals surface area contributed by atoms with Gasteiger partial charge in [0.05, 0.1) is 23.7 Å². The van der Waals surface area contributed by atoms with Crippen LogP contribution in [0.15, 0.2) is 12.3 Å². The number of nitrogens with one attached hydrogen (secondary N) is 2. The lowest BCUT2D eigenvalue weighted by atomic mass is 9.86. The molecule has 3 N–H and O–H groups in total. The van der Waals surface area contributed by atoms with Crippen LogP contribution in [0, 0.1) is 5.92 Å². The topological polar surface area (TPSA) is 117 Å². The molecule has 4 rings (SSSR count). The van der Waals surface area contributed by atoms with E-state index in [0.29, 0.717) is 25.7 Å². The summed E-state index contributed by atoms with van der Waals surface area (Å²) in [5.41, 5.74) is 0.921. The zero-order valence-corrected chi connectivity index (χ0v) is 16.0. The van der Waals surface area contributed by atoms with Gasteiger partial charge in [0, 0.05) is 31.7 Å². The van der Waals surface area contributed by atoms with Crippen LogP contribution in [-0.2, 0) is 16.6 Å². The van der Waals surface area contributed by atoms with Crippen molar-refractivity contribution in [1.82, 2.24) is 25.3 Å². The predicted octanol–water partition coefficient (Wildman–Crippen LogP) is 1.17. The van der Waals surface area contributed by atoms with Crippen molar-refractivity contribution >= 4 is 17.9 Å². The van der Waals surface area contributed by atoms with Crippen LogP contribution < -0.4 is 10.6 Å². The van der Waals surface area contributed by atoms with Crippen molar-refractivity contribution in [2.75, 3.05) is 0 Å². The molecule has 0 unspecified atom stereocenters. The van der Waals surface area contributed by atoms with Gasteiger partial charge < -0.3 is 20.6 Å². The minimum Gasteiger partial charge on any atom is -0.481 e. The second-order valence-electron chi connectivity index (χ2n) is 8.17. The molecule has 2 aliphatic carbocycles. The second kappa shape index (κ2) is 7.44. The number of nitrogens with zero attached hydrogens (tertiary/aromatic N) is 3. The van der Waals surface area contributed by atoms with Crippen molar-refractivity contribution in [2.45, 2.75) is 69.1 Å². The molecule has 0 aromatic carbocycles. The highest BCUT2D eigenvalue weighted by Gasteiger charge is 2.48. The number of urea groups is 1. The summed E-state index contributed by atoms with van der Waals surface area (Å²) in [7, 11) is 1.85. The van der Waals surface area contributed by atoms with Crippen molar-refractivity contribution in [1.29, 1.82) is 0 Å². The molecular weight excluding hydrogens is 362 g/mol. The fourth-order valence-corrected chi connectivity index (χ4v) is 4.57. The number of aryl methyl sites for hydroxylation is 1. The zero-order valence-electron chi connectivity index (χ0n) is 16.0. The summed E-state index contributed by atoms with van der Waals surface area (Å²) in [4.78, 5) is 38.2. The van der Waals surface area contributed by atoms with Gasteiger partial charge in [0.15, 0.2) is 0 Å². The van der Waals surface area contributed by atoms with Crippen molar-refractivity contribution in [2.24, 2.45) is 13.0 Å². The van der Waals surface area contributed by atoms with E-state index in [1.165, 1.54) is 0 Å². The van der Waals surface area contributed by atoms with Crippen molar-refractivity contribution in [3.63, 3.8) is 0 Å². The molecular formula is C19H27N5O4. The summed E-state index contributed by atoms with van der Waals surface area (Å²) in [6.45, 7) is 0. The first-order chi connectivity index (χ1) is 13.4. The van der Waals surface area contributed by atoms with E-state index in [1.54, 1.807) is 10.9 Å². The van der Waals surface area contributed by atoms with E-state index in [2.05, 4.69) is 15.7 Å². The lowest BCUT2D eigenvalue weighted by molar-refractivity contribution is -0.142. The first kappa shape index (κ1) is 18.8. The Morgan fingerprint density at radius 3 is 2.43 bits per heavy atom. The molecule has 2 saturated carbocycles. The Morgan fingerprint density at radius 1 is 1.14 bits per heavy atom. The van der Waals surface area contributed by atoms with Gasteiger partial charge in [0.25, 0.3) is 0 Å². The Hall–Kier alpha value is -2.58. The molecule has 9 heteroatoms. The van der Waals surface area contributed by atoms with Gasteiger partial charge in [-0.15, -0.1) is 0 Å². The third-order valence-electron chi connectivity index (χ3n) is 6.19. The fourth-order valence-electron chi connectivity index (χ4n) is 4.57. The Balaban J connectivity index is 1.40. The van der Waals surface area contributed by atoms with Crippen molar-refractivity contribution < 1.29 is 19.5 Å². The summed E-state index contributed by atoms with van der Waals surface area (Å²) >= 11 is 0. The number of aliphatic carboxylic acids is 1. The van der Waals surface area contributed by atoms with Crippen LogP contribution in [0.5, 0.6) is 0 Å². The third kappa shape index (κ3) is 3.70. The summed E-state index contributed by atoms with van der Waals surface area (Å²) in [6.07, 6.45) is 6.48. The van der Waals surface area contributed by atoms with E-state index >= 15 is 0 Å². The van der Waals surface area contributed by atoms with Crippen molar-refractivity contribution in [3.8, 4) is 0 Å². The number of amides is 3. The number of likely N-dealkylation sites (tertiary alicyclic amines) is 1. The number of carboxylic acids is 1. The Labute approximate surface area is 163 Å². The molecule has 9 nitrogen and oxygen atoms in total. The summed E-state index contributed by atoms with van der Waals surface area (Å²) < 4.78 is 1.76. The Kier molecular flexibility index (Phi) is 4.99. The van der Waals surface area contributed by atoms with Crippen molar-refractivity contribution in [3.05, 3.63) is 18.0 Å². The molecule has 0 spiro atoms. The van der Waals surface area contributed by atoms with Gasteiger partial charge in [-0.1, -0.05) is 0 Å². The predicted molar refractivity (Wildman–Crippen MR) is 99.3 cm³/mol. The molecule has 1 aromatic rings. The molecule has 2 heterocycles. The van der Waals surface area contributed by atoms with Crippen LogP contribution in [0.2, 0.25) is 0 Å². The molecule has 1 aromatic heterocycles. The number of aromatic nitrogens is 2. The van der Waals surface area contributed by atoms with E-state index in [1.807, 2.05) is 18.0 Å². The Bertz CT molecular complexity index is 766. The molecule has 28 heavy (non-hydrogen) atoms. The highest BCUT2D eigenvalue weighted by Crippen LogP contribution is 2.41. The molecule has 1 aliphatic heterocycles. The van der Waals surface area contributed by atoms with Crippen LogP contribution in [0.3, 0.4) is 0 Å². The fraction of sp³-hybridized carbons (Fsp3) is 0.684. The molecule has 0 bridgehead atoms. The smallest absolute Gasteiger partial charge is 0.315 e. The average molecular weight is 389 g/mol. The number of carboxylic acid groups (broad SMARTS) is 1. The minimum atomic E-state index is -0.758. The van der Waals surface area contributed by atoms with Crippen LogP contribution in [0.4, 0.5) is 4.79 Å². The van der Waals surface area contributed by atoms with E-state index in [4.69, 9.17) is 5.11 Å².